The highest BCUT2D eigenvalue weighted by Gasteiger charge is 2.18. The molecule has 0 aliphatic heterocycles. The molecule has 0 spiro atoms. The highest BCUT2D eigenvalue weighted by molar-refractivity contribution is 9.10. The Labute approximate surface area is 112 Å². The number of nitrogens with zero attached hydrogens (tertiary/aromatic N) is 1. The van der Waals surface area contributed by atoms with Gasteiger partial charge in [-0.1, -0.05) is 22.0 Å². The van der Waals surface area contributed by atoms with E-state index in [2.05, 4.69) is 21.2 Å². The standard InChI is InChI=1S/C11H13BrN2O4/c1-7(13-6-11(15)16)5-8-9(12)3-2-4-10(8)14(17)18/h2-4,7,13H,5-6H2,1H3,(H,15,16). The van der Waals surface area contributed by atoms with E-state index in [4.69, 9.17) is 5.11 Å². The van der Waals surface area contributed by atoms with Crippen LogP contribution < -0.4 is 5.32 Å². The summed E-state index contributed by atoms with van der Waals surface area (Å²) in [6, 6.07) is 4.59. The Morgan fingerprint density at radius 3 is 2.83 bits per heavy atom. The number of carboxylic acid groups (broad SMARTS) is 1. The molecule has 98 valence electrons. The molecule has 0 aromatic heterocycles. The van der Waals surface area contributed by atoms with Gasteiger partial charge in [0, 0.05) is 22.1 Å². The fraction of sp³-hybridized carbons (Fsp3) is 0.364. The maximum Gasteiger partial charge on any atom is 0.317 e. The van der Waals surface area contributed by atoms with Crippen LogP contribution in [0.5, 0.6) is 0 Å². The average Bonchev–Trinajstić information content (AvgIpc) is 2.28. The molecular weight excluding hydrogens is 304 g/mol. The highest BCUT2D eigenvalue weighted by atomic mass is 79.9. The van der Waals surface area contributed by atoms with Gasteiger partial charge in [0.2, 0.25) is 0 Å². The molecule has 7 heteroatoms. The molecule has 1 aromatic rings. The fourth-order valence-electron chi connectivity index (χ4n) is 1.56. The van der Waals surface area contributed by atoms with Gasteiger partial charge in [-0.2, -0.15) is 0 Å². The lowest BCUT2D eigenvalue weighted by molar-refractivity contribution is -0.385. The quantitative estimate of drug-likeness (QED) is 0.618. The summed E-state index contributed by atoms with van der Waals surface area (Å²) in [5, 5.41) is 22.2. The van der Waals surface area contributed by atoms with Crippen LogP contribution >= 0.6 is 15.9 Å². The number of nitro benzene ring substituents is 1. The molecule has 1 unspecified atom stereocenters. The van der Waals surface area contributed by atoms with Crippen LogP contribution in [0, 0.1) is 10.1 Å². The Morgan fingerprint density at radius 2 is 2.28 bits per heavy atom. The molecule has 0 fully saturated rings. The van der Waals surface area contributed by atoms with E-state index in [9.17, 15) is 14.9 Å². The van der Waals surface area contributed by atoms with Gasteiger partial charge in [-0.3, -0.25) is 14.9 Å². The van der Waals surface area contributed by atoms with E-state index in [1.807, 2.05) is 0 Å². The van der Waals surface area contributed by atoms with Gasteiger partial charge in [-0.25, -0.2) is 0 Å². The van der Waals surface area contributed by atoms with E-state index in [0.29, 0.717) is 16.5 Å². The molecule has 0 saturated carbocycles. The number of carbonyl (C=O) groups is 1. The van der Waals surface area contributed by atoms with E-state index >= 15 is 0 Å². The molecular formula is C11H13BrN2O4. The number of aliphatic carboxylic acids is 1. The molecule has 0 bridgehead atoms. The molecule has 0 saturated heterocycles. The molecule has 0 aliphatic rings. The predicted octanol–water partition coefficient (Wildman–Crippen LogP) is 1.96. The van der Waals surface area contributed by atoms with Crippen molar-refractivity contribution in [2.24, 2.45) is 0 Å². The van der Waals surface area contributed by atoms with Gasteiger partial charge in [0.1, 0.15) is 0 Å². The first kappa shape index (κ1) is 14.6. The molecule has 0 amide bonds. The second kappa shape index (κ2) is 6.46. The van der Waals surface area contributed by atoms with Crippen molar-refractivity contribution >= 4 is 27.6 Å². The number of rotatable bonds is 6. The highest BCUT2D eigenvalue weighted by Crippen LogP contribution is 2.27. The summed E-state index contributed by atoms with van der Waals surface area (Å²) in [5.41, 5.74) is 0.598. The van der Waals surface area contributed by atoms with Gasteiger partial charge in [0.25, 0.3) is 5.69 Å². The number of halogens is 1. The van der Waals surface area contributed by atoms with Gasteiger partial charge in [-0.15, -0.1) is 0 Å². The zero-order valence-corrected chi connectivity index (χ0v) is 11.3. The van der Waals surface area contributed by atoms with E-state index in [1.165, 1.54) is 6.07 Å². The molecule has 0 radical (unpaired) electrons. The molecule has 0 heterocycles. The predicted molar refractivity (Wildman–Crippen MR) is 69.6 cm³/mol. The number of nitro groups is 1. The number of hydrogen-bond donors (Lipinski definition) is 2. The zero-order valence-electron chi connectivity index (χ0n) is 9.72. The van der Waals surface area contributed by atoms with Crippen molar-refractivity contribution in [2.75, 3.05) is 6.54 Å². The van der Waals surface area contributed by atoms with Crippen LogP contribution in [0.15, 0.2) is 22.7 Å². The third-order valence-electron chi connectivity index (χ3n) is 2.40. The maximum absolute atomic E-state index is 10.9. The third-order valence-corrected chi connectivity index (χ3v) is 3.15. The van der Waals surface area contributed by atoms with Crippen molar-refractivity contribution in [3.8, 4) is 0 Å². The van der Waals surface area contributed by atoms with E-state index in [0.717, 1.165) is 0 Å². The summed E-state index contributed by atoms with van der Waals surface area (Å²) in [6.45, 7) is 1.62. The smallest absolute Gasteiger partial charge is 0.317 e. The normalized spacial score (nSPS) is 12.1. The summed E-state index contributed by atoms with van der Waals surface area (Å²) in [5.74, 6) is -0.955. The van der Waals surface area contributed by atoms with E-state index in [-0.39, 0.29) is 18.3 Å². The van der Waals surface area contributed by atoms with Crippen LogP contribution in [0.3, 0.4) is 0 Å². The molecule has 6 nitrogen and oxygen atoms in total. The summed E-state index contributed by atoms with van der Waals surface area (Å²) in [6.07, 6.45) is 0.380. The Hall–Kier alpha value is -1.47. The number of carboxylic acids is 1. The second-order valence-corrected chi connectivity index (χ2v) is 4.73. The minimum Gasteiger partial charge on any atom is -0.480 e. The topological polar surface area (TPSA) is 92.5 Å². The Kier molecular flexibility index (Phi) is 5.24. The van der Waals surface area contributed by atoms with Crippen LogP contribution in [0.2, 0.25) is 0 Å². The van der Waals surface area contributed by atoms with Crippen LogP contribution in [-0.2, 0) is 11.2 Å². The third kappa shape index (κ3) is 4.08. The first-order chi connectivity index (χ1) is 8.41. The number of nitrogens with one attached hydrogen (secondary N) is 1. The van der Waals surface area contributed by atoms with Crippen molar-refractivity contribution in [1.82, 2.24) is 5.32 Å². The maximum atomic E-state index is 10.9. The second-order valence-electron chi connectivity index (χ2n) is 3.87. The first-order valence-electron chi connectivity index (χ1n) is 5.28. The summed E-state index contributed by atoms with van der Waals surface area (Å²) < 4.78 is 0.653. The van der Waals surface area contributed by atoms with Crippen LogP contribution in [0.25, 0.3) is 0 Å². The Bertz CT molecular complexity index is 464. The lowest BCUT2D eigenvalue weighted by atomic mass is 10.1. The summed E-state index contributed by atoms with van der Waals surface area (Å²) in [7, 11) is 0. The van der Waals surface area contributed by atoms with Gasteiger partial charge in [0.15, 0.2) is 0 Å². The lowest BCUT2D eigenvalue weighted by Crippen LogP contribution is -2.33. The number of hydrogen-bond acceptors (Lipinski definition) is 4. The van der Waals surface area contributed by atoms with E-state index in [1.54, 1.807) is 19.1 Å². The summed E-state index contributed by atoms with van der Waals surface area (Å²) >= 11 is 3.28. The number of benzene rings is 1. The minimum atomic E-state index is -0.955. The van der Waals surface area contributed by atoms with E-state index < -0.39 is 10.9 Å². The molecule has 1 rings (SSSR count). The van der Waals surface area contributed by atoms with Crippen LogP contribution in [-0.4, -0.2) is 28.6 Å². The molecule has 1 aromatic carbocycles. The van der Waals surface area contributed by atoms with Crippen molar-refractivity contribution in [1.29, 1.82) is 0 Å². The van der Waals surface area contributed by atoms with Crippen LogP contribution in [0.1, 0.15) is 12.5 Å². The molecule has 2 N–H and O–H groups in total. The zero-order chi connectivity index (χ0) is 13.7. The first-order valence-corrected chi connectivity index (χ1v) is 6.08. The van der Waals surface area contributed by atoms with Crippen molar-refractivity contribution in [3.63, 3.8) is 0 Å². The minimum absolute atomic E-state index is 0.0355. The van der Waals surface area contributed by atoms with Crippen molar-refractivity contribution in [2.45, 2.75) is 19.4 Å². The Morgan fingerprint density at radius 1 is 1.61 bits per heavy atom. The Balaban J connectivity index is 2.83. The fourth-order valence-corrected chi connectivity index (χ4v) is 2.08. The monoisotopic (exact) mass is 316 g/mol. The van der Waals surface area contributed by atoms with Gasteiger partial charge >= 0.3 is 5.97 Å². The summed E-state index contributed by atoms with van der Waals surface area (Å²) in [4.78, 5) is 20.9. The van der Waals surface area contributed by atoms with Crippen molar-refractivity contribution in [3.05, 3.63) is 38.3 Å². The molecule has 18 heavy (non-hydrogen) atoms. The lowest BCUT2D eigenvalue weighted by Gasteiger charge is -2.13. The molecule has 1 atom stereocenters. The largest absolute Gasteiger partial charge is 0.480 e. The molecule has 0 aliphatic carbocycles. The van der Waals surface area contributed by atoms with Crippen LogP contribution in [0.4, 0.5) is 5.69 Å². The van der Waals surface area contributed by atoms with Gasteiger partial charge < -0.3 is 10.4 Å². The SMILES string of the molecule is CC(Cc1c(Br)cccc1[N+](=O)[O-])NCC(=O)O. The van der Waals surface area contributed by atoms with Gasteiger partial charge in [-0.05, 0) is 19.4 Å². The average molecular weight is 317 g/mol. The van der Waals surface area contributed by atoms with Crippen molar-refractivity contribution < 1.29 is 14.8 Å². The van der Waals surface area contributed by atoms with Gasteiger partial charge in [0.05, 0.1) is 11.5 Å².